The Bertz CT molecular complexity index is 1000. The summed E-state index contributed by atoms with van der Waals surface area (Å²) in [5.41, 5.74) is 1.80. The second-order valence-electron chi connectivity index (χ2n) is 6.80. The van der Waals surface area contributed by atoms with Crippen LogP contribution in [-0.4, -0.2) is 34.8 Å². The van der Waals surface area contributed by atoms with Crippen LogP contribution in [0.1, 0.15) is 33.6 Å². The average Bonchev–Trinajstić information content (AvgIpc) is 3.30. The van der Waals surface area contributed by atoms with Crippen LogP contribution >= 0.6 is 11.8 Å². The van der Waals surface area contributed by atoms with Crippen molar-refractivity contribution < 1.29 is 9.59 Å². The zero-order chi connectivity index (χ0) is 20.1. The van der Waals surface area contributed by atoms with Crippen LogP contribution in [0.2, 0.25) is 0 Å². The number of nitrogens with one attached hydrogen (secondary N) is 1. The fourth-order valence-corrected chi connectivity index (χ4v) is 4.14. The van der Waals surface area contributed by atoms with Gasteiger partial charge in [0.1, 0.15) is 5.03 Å². The molecule has 1 aromatic heterocycles. The van der Waals surface area contributed by atoms with E-state index in [0.717, 1.165) is 30.8 Å². The van der Waals surface area contributed by atoms with Gasteiger partial charge >= 0.3 is 0 Å². The topological polar surface area (TPSA) is 62.3 Å². The number of likely N-dealkylation sites (tertiary alicyclic amines) is 1. The first-order chi connectivity index (χ1) is 14.2. The van der Waals surface area contributed by atoms with Gasteiger partial charge in [-0.25, -0.2) is 4.98 Å². The lowest BCUT2D eigenvalue weighted by atomic mass is 10.1. The van der Waals surface area contributed by atoms with Gasteiger partial charge in [0.15, 0.2) is 0 Å². The van der Waals surface area contributed by atoms with Crippen molar-refractivity contribution >= 4 is 29.3 Å². The fourth-order valence-electron chi connectivity index (χ4n) is 3.24. The zero-order valence-electron chi connectivity index (χ0n) is 15.9. The van der Waals surface area contributed by atoms with E-state index in [4.69, 9.17) is 0 Å². The second kappa shape index (κ2) is 8.92. The molecule has 2 heterocycles. The normalized spacial score (nSPS) is 13.3. The van der Waals surface area contributed by atoms with E-state index in [9.17, 15) is 9.59 Å². The lowest BCUT2D eigenvalue weighted by Gasteiger charge is -2.15. The van der Waals surface area contributed by atoms with E-state index in [-0.39, 0.29) is 11.8 Å². The summed E-state index contributed by atoms with van der Waals surface area (Å²) in [4.78, 5) is 32.5. The third-order valence-corrected chi connectivity index (χ3v) is 5.78. The Morgan fingerprint density at radius 3 is 2.34 bits per heavy atom. The number of pyridine rings is 1. The monoisotopic (exact) mass is 403 g/mol. The molecule has 0 bridgehead atoms. The molecule has 4 rings (SSSR count). The molecule has 1 aliphatic heterocycles. The molecular weight excluding hydrogens is 382 g/mol. The fraction of sp³-hybridized carbons (Fsp3) is 0.174. The molecule has 2 aromatic carbocycles. The molecule has 0 spiro atoms. The van der Waals surface area contributed by atoms with Gasteiger partial charge in [0.2, 0.25) is 0 Å². The van der Waals surface area contributed by atoms with Gasteiger partial charge in [-0.05, 0) is 61.4 Å². The SMILES string of the molecule is O=C(Nc1ccc(C(=O)N2CCCC2)cc1)c1cccnc1Sc1ccccc1. The summed E-state index contributed by atoms with van der Waals surface area (Å²) in [6.45, 7) is 1.64. The van der Waals surface area contributed by atoms with Gasteiger partial charge < -0.3 is 10.2 Å². The molecule has 1 aliphatic rings. The first-order valence-electron chi connectivity index (χ1n) is 9.59. The minimum atomic E-state index is -0.227. The molecule has 2 amide bonds. The molecule has 0 radical (unpaired) electrons. The number of aromatic nitrogens is 1. The number of nitrogens with zero attached hydrogens (tertiary/aromatic N) is 2. The number of amides is 2. The van der Waals surface area contributed by atoms with E-state index in [2.05, 4.69) is 10.3 Å². The van der Waals surface area contributed by atoms with Crippen LogP contribution < -0.4 is 5.32 Å². The molecule has 0 aliphatic carbocycles. The van der Waals surface area contributed by atoms with Crippen LogP contribution in [0, 0.1) is 0 Å². The smallest absolute Gasteiger partial charge is 0.258 e. The Balaban J connectivity index is 1.46. The second-order valence-corrected chi connectivity index (χ2v) is 7.86. The maximum atomic E-state index is 12.8. The van der Waals surface area contributed by atoms with Gasteiger partial charge in [-0.2, -0.15) is 0 Å². The predicted molar refractivity (Wildman–Crippen MR) is 114 cm³/mol. The highest BCUT2D eigenvalue weighted by Gasteiger charge is 2.19. The Morgan fingerprint density at radius 1 is 0.897 bits per heavy atom. The van der Waals surface area contributed by atoms with Crippen molar-refractivity contribution in [3.63, 3.8) is 0 Å². The number of benzene rings is 2. The standard InChI is InChI=1S/C23H21N3O2S/c27-21(20-9-6-14-24-22(20)29-19-7-2-1-3-8-19)25-18-12-10-17(11-13-18)23(28)26-15-4-5-16-26/h1-3,6-14H,4-5,15-16H2,(H,25,27). The van der Waals surface area contributed by atoms with E-state index < -0.39 is 0 Å². The molecule has 146 valence electrons. The third-order valence-electron chi connectivity index (χ3n) is 4.76. The van der Waals surface area contributed by atoms with Gasteiger partial charge in [-0.3, -0.25) is 9.59 Å². The Morgan fingerprint density at radius 2 is 1.62 bits per heavy atom. The highest BCUT2D eigenvalue weighted by Crippen LogP contribution is 2.28. The van der Waals surface area contributed by atoms with Gasteiger partial charge in [0.05, 0.1) is 5.56 Å². The summed E-state index contributed by atoms with van der Waals surface area (Å²) in [6, 6.07) is 20.4. The summed E-state index contributed by atoms with van der Waals surface area (Å²) in [7, 11) is 0. The Kier molecular flexibility index (Phi) is 5.91. The minimum Gasteiger partial charge on any atom is -0.339 e. The van der Waals surface area contributed by atoms with Crippen LogP contribution in [0.15, 0.2) is 82.8 Å². The Labute approximate surface area is 174 Å². The van der Waals surface area contributed by atoms with Gasteiger partial charge in [0, 0.05) is 35.4 Å². The molecular formula is C23H21N3O2S. The van der Waals surface area contributed by atoms with E-state index in [1.807, 2.05) is 35.2 Å². The van der Waals surface area contributed by atoms with Crippen LogP contribution in [0.5, 0.6) is 0 Å². The number of carbonyl (C=O) groups excluding carboxylic acids is 2. The van der Waals surface area contributed by atoms with Crippen LogP contribution in [-0.2, 0) is 0 Å². The molecule has 0 saturated carbocycles. The minimum absolute atomic E-state index is 0.0502. The number of rotatable bonds is 5. The van der Waals surface area contributed by atoms with Crippen molar-refractivity contribution in [3.05, 3.63) is 84.1 Å². The molecule has 0 atom stereocenters. The van der Waals surface area contributed by atoms with Crippen molar-refractivity contribution in [2.45, 2.75) is 22.8 Å². The molecule has 3 aromatic rings. The highest BCUT2D eigenvalue weighted by atomic mass is 32.2. The Hall–Kier alpha value is -3.12. The summed E-state index contributed by atoms with van der Waals surface area (Å²) in [5.74, 6) is -0.177. The van der Waals surface area contributed by atoms with Crippen molar-refractivity contribution in [2.75, 3.05) is 18.4 Å². The lowest BCUT2D eigenvalue weighted by Crippen LogP contribution is -2.27. The zero-order valence-corrected chi connectivity index (χ0v) is 16.7. The van der Waals surface area contributed by atoms with E-state index in [1.165, 1.54) is 11.8 Å². The molecule has 29 heavy (non-hydrogen) atoms. The summed E-state index contributed by atoms with van der Waals surface area (Å²) >= 11 is 1.45. The molecule has 5 nitrogen and oxygen atoms in total. The van der Waals surface area contributed by atoms with E-state index in [1.54, 1.807) is 42.6 Å². The summed E-state index contributed by atoms with van der Waals surface area (Å²) in [5, 5.41) is 3.55. The van der Waals surface area contributed by atoms with Gasteiger partial charge in [0.25, 0.3) is 11.8 Å². The van der Waals surface area contributed by atoms with Crippen LogP contribution in [0.4, 0.5) is 5.69 Å². The number of anilines is 1. The number of hydrogen-bond donors (Lipinski definition) is 1. The molecule has 1 saturated heterocycles. The van der Waals surface area contributed by atoms with Crippen molar-refractivity contribution in [3.8, 4) is 0 Å². The lowest BCUT2D eigenvalue weighted by molar-refractivity contribution is 0.0792. The molecule has 1 fully saturated rings. The third kappa shape index (κ3) is 4.66. The highest BCUT2D eigenvalue weighted by molar-refractivity contribution is 7.99. The predicted octanol–water partition coefficient (Wildman–Crippen LogP) is 4.72. The first kappa shape index (κ1) is 19.2. The maximum absolute atomic E-state index is 12.8. The van der Waals surface area contributed by atoms with Crippen LogP contribution in [0.3, 0.4) is 0 Å². The average molecular weight is 404 g/mol. The number of carbonyl (C=O) groups is 2. The van der Waals surface area contributed by atoms with Gasteiger partial charge in [-0.1, -0.05) is 30.0 Å². The van der Waals surface area contributed by atoms with Crippen molar-refractivity contribution in [2.24, 2.45) is 0 Å². The van der Waals surface area contributed by atoms with Crippen molar-refractivity contribution in [1.82, 2.24) is 9.88 Å². The molecule has 6 heteroatoms. The quantitative estimate of drug-likeness (QED) is 0.669. The van der Waals surface area contributed by atoms with Crippen LogP contribution in [0.25, 0.3) is 0 Å². The summed E-state index contributed by atoms with van der Waals surface area (Å²) < 4.78 is 0. The number of hydrogen-bond acceptors (Lipinski definition) is 4. The van der Waals surface area contributed by atoms with E-state index >= 15 is 0 Å². The van der Waals surface area contributed by atoms with E-state index in [0.29, 0.717) is 21.8 Å². The molecule has 1 N–H and O–H groups in total. The first-order valence-corrected chi connectivity index (χ1v) is 10.4. The largest absolute Gasteiger partial charge is 0.339 e. The molecule has 0 unspecified atom stereocenters. The van der Waals surface area contributed by atoms with Crippen molar-refractivity contribution in [1.29, 1.82) is 0 Å². The maximum Gasteiger partial charge on any atom is 0.258 e. The summed E-state index contributed by atoms with van der Waals surface area (Å²) in [6.07, 6.45) is 3.81. The van der Waals surface area contributed by atoms with Gasteiger partial charge in [-0.15, -0.1) is 0 Å².